The number of aromatic nitrogens is 2. The fraction of sp³-hybridized carbons (Fsp3) is 0.381. The number of amides is 1. The van der Waals surface area contributed by atoms with Crippen LogP contribution in [0.15, 0.2) is 29.3 Å². The van der Waals surface area contributed by atoms with Crippen LogP contribution in [0.3, 0.4) is 0 Å². The zero-order valence-corrected chi connectivity index (χ0v) is 18.1. The molecule has 1 N–H and O–H groups in total. The van der Waals surface area contributed by atoms with E-state index in [4.69, 9.17) is 0 Å². The maximum absolute atomic E-state index is 13.1. The fourth-order valence-corrected chi connectivity index (χ4v) is 6.07. The van der Waals surface area contributed by atoms with Gasteiger partial charge in [0.1, 0.15) is 15.7 Å². The molecule has 1 aliphatic carbocycles. The highest BCUT2D eigenvalue weighted by molar-refractivity contribution is 8.00. The van der Waals surface area contributed by atoms with Gasteiger partial charge in [0, 0.05) is 10.3 Å². The number of rotatable bonds is 4. The monoisotopic (exact) mass is 451 g/mol. The number of carbonyl (C=O) groups is 1. The van der Waals surface area contributed by atoms with Crippen molar-refractivity contribution in [3.05, 3.63) is 46.1 Å². The molecule has 0 bridgehead atoms. The van der Waals surface area contributed by atoms with Gasteiger partial charge in [0.05, 0.1) is 17.0 Å². The molecule has 1 unspecified atom stereocenters. The van der Waals surface area contributed by atoms with Crippen LogP contribution in [0.5, 0.6) is 0 Å². The molecule has 9 heteroatoms. The van der Waals surface area contributed by atoms with Gasteiger partial charge in [0.25, 0.3) is 0 Å². The lowest BCUT2D eigenvalue weighted by Crippen LogP contribution is -2.18. The maximum Gasteiger partial charge on any atom is 0.418 e. The van der Waals surface area contributed by atoms with E-state index in [2.05, 4.69) is 22.2 Å². The summed E-state index contributed by atoms with van der Waals surface area (Å²) in [6, 6.07) is 4.98. The van der Waals surface area contributed by atoms with E-state index >= 15 is 0 Å². The van der Waals surface area contributed by atoms with Crippen LogP contribution < -0.4 is 5.32 Å². The Labute approximate surface area is 180 Å². The van der Waals surface area contributed by atoms with Crippen LogP contribution in [-0.2, 0) is 23.8 Å². The number of nitrogens with zero attached hydrogens (tertiary/aromatic N) is 2. The molecule has 0 radical (unpaired) electrons. The Morgan fingerprint density at radius 2 is 2.07 bits per heavy atom. The zero-order valence-electron chi connectivity index (χ0n) is 16.5. The maximum atomic E-state index is 13.1. The molecule has 158 valence electrons. The summed E-state index contributed by atoms with van der Waals surface area (Å²) in [5, 5.41) is 4.12. The molecule has 4 nitrogen and oxygen atoms in total. The largest absolute Gasteiger partial charge is 0.418 e. The predicted octanol–water partition coefficient (Wildman–Crippen LogP) is 5.87. The van der Waals surface area contributed by atoms with Crippen molar-refractivity contribution >= 4 is 44.9 Å². The van der Waals surface area contributed by atoms with Gasteiger partial charge in [-0.25, -0.2) is 9.97 Å². The number of alkyl halides is 3. The lowest BCUT2D eigenvalue weighted by atomic mass is 9.89. The van der Waals surface area contributed by atoms with Gasteiger partial charge in [-0.2, -0.15) is 13.2 Å². The Kier molecular flexibility index (Phi) is 5.76. The fourth-order valence-electron chi connectivity index (χ4n) is 3.67. The lowest BCUT2D eigenvalue weighted by molar-refractivity contribution is -0.137. The molecule has 0 aliphatic heterocycles. The smallest absolute Gasteiger partial charge is 0.325 e. The van der Waals surface area contributed by atoms with Crippen molar-refractivity contribution in [1.82, 2.24) is 9.97 Å². The Balaban J connectivity index is 1.55. The van der Waals surface area contributed by atoms with E-state index in [0.717, 1.165) is 40.6 Å². The van der Waals surface area contributed by atoms with Crippen LogP contribution in [0.2, 0.25) is 0 Å². The summed E-state index contributed by atoms with van der Waals surface area (Å²) in [4.78, 5) is 23.8. The SMILES string of the molecule is Cc1nc(SCC(=O)Nc2ccccc2C(F)(F)F)c2c3c(sc2n1)CC(C)CC3. The quantitative estimate of drug-likeness (QED) is 0.398. The number of hydrogen-bond donors (Lipinski definition) is 1. The summed E-state index contributed by atoms with van der Waals surface area (Å²) >= 11 is 2.93. The highest BCUT2D eigenvalue weighted by Gasteiger charge is 2.33. The van der Waals surface area contributed by atoms with Gasteiger partial charge < -0.3 is 5.32 Å². The molecule has 3 aromatic rings. The van der Waals surface area contributed by atoms with Crippen LogP contribution in [0.4, 0.5) is 18.9 Å². The van der Waals surface area contributed by atoms with E-state index in [1.54, 1.807) is 11.3 Å². The number of halogens is 3. The van der Waals surface area contributed by atoms with Crippen molar-refractivity contribution in [2.24, 2.45) is 5.92 Å². The number of hydrogen-bond acceptors (Lipinski definition) is 5. The van der Waals surface area contributed by atoms with E-state index in [9.17, 15) is 18.0 Å². The van der Waals surface area contributed by atoms with Gasteiger partial charge >= 0.3 is 6.18 Å². The van der Waals surface area contributed by atoms with Crippen molar-refractivity contribution < 1.29 is 18.0 Å². The van der Waals surface area contributed by atoms with E-state index in [1.807, 2.05) is 6.92 Å². The van der Waals surface area contributed by atoms with Gasteiger partial charge in [-0.3, -0.25) is 4.79 Å². The second kappa shape index (κ2) is 8.19. The molecule has 1 aliphatic rings. The van der Waals surface area contributed by atoms with Gasteiger partial charge in [0.15, 0.2) is 0 Å². The predicted molar refractivity (Wildman–Crippen MR) is 114 cm³/mol. The first kappa shape index (κ1) is 21.1. The van der Waals surface area contributed by atoms with E-state index < -0.39 is 17.6 Å². The van der Waals surface area contributed by atoms with Crippen molar-refractivity contribution in [2.45, 2.75) is 44.3 Å². The third-order valence-electron chi connectivity index (χ3n) is 5.08. The summed E-state index contributed by atoms with van der Waals surface area (Å²) in [7, 11) is 0. The van der Waals surface area contributed by atoms with Crippen molar-refractivity contribution in [3.8, 4) is 0 Å². The third-order valence-corrected chi connectivity index (χ3v) is 7.20. The average Bonchev–Trinajstić information content (AvgIpc) is 3.02. The van der Waals surface area contributed by atoms with Crippen LogP contribution in [0, 0.1) is 12.8 Å². The molecular weight excluding hydrogens is 431 g/mol. The molecule has 0 spiro atoms. The Hall–Kier alpha value is -2.13. The highest BCUT2D eigenvalue weighted by atomic mass is 32.2. The molecule has 2 aromatic heterocycles. The van der Waals surface area contributed by atoms with Gasteiger partial charge in [-0.15, -0.1) is 11.3 Å². The number of aryl methyl sites for hydroxylation is 2. The first-order valence-electron chi connectivity index (χ1n) is 9.60. The number of nitrogens with one attached hydrogen (secondary N) is 1. The number of benzene rings is 1. The molecule has 1 atom stereocenters. The Morgan fingerprint density at radius 1 is 1.30 bits per heavy atom. The molecule has 0 fully saturated rings. The third kappa shape index (κ3) is 4.32. The van der Waals surface area contributed by atoms with Crippen molar-refractivity contribution in [2.75, 3.05) is 11.1 Å². The minimum atomic E-state index is -4.53. The number of thiophene rings is 1. The first-order valence-corrected chi connectivity index (χ1v) is 11.4. The van der Waals surface area contributed by atoms with E-state index in [-0.39, 0.29) is 11.4 Å². The second-order valence-electron chi connectivity index (χ2n) is 7.49. The molecule has 1 amide bonds. The number of para-hydroxylation sites is 1. The van der Waals surface area contributed by atoms with Gasteiger partial charge in [-0.1, -0.05) is 30.8 Å². The van der Waals surface area contributed by atoms with Gasteiger partial charge in [0.2, 0.25) is 5.91 Å². The zero-order chi connectivity index (χ0) is 21.5. The van der Waals surface area contributed by atoms with Crippen LogP contribution in [0.1, 0.15) is 35.2 Å². The number of thioether (sulfide) groups is 1. The van der Waals surface area contributed by atoms with E-state index in [1.165, 1.54) is 40.4 Å². The summed E-state index contributed by atoms with van der Waals surface area (Å²) in [5.41, 5.74) is 0.171. The molecule has 30 heavy (non-hydrogen) atoms. The number of carbonyl (C=O) groups excluding carboxylic acids is 1. The summed E-state index contributed by atoms with van der Waals surface area (Å²) in [6.07, 6.45) is -1.44. The molecule has 0 saturated heterocycles. The second-order valence-corrected chi connectivity index (χ2v) is 9.54. The highest BCUT2D eigenvalue weighted by Crippen LogP contribution is 2.41. The molecule has 1 aromatic carbocycles. The molecule has 0 saturated carbocycles. The topological polar surface area (TPSA) is 54.9 Å². The van der Waals surface area contributed by atoms with E-state index in [0.29, 0.717) is 11.7 Å². The van der Waals surface area contributed by atoms with Gasteiger partial charge in [-0.05, 0) is 49.8 Å². The molecule has 2 heterocycles. The normalized spacial score (nSPS) is 16.5. The number of fused-ring (bicyclic) bond motifs is 3. The first-order chi connectivity index (χ1) is 14.2. The van der Waals surface area contributed by atoms with Crippen LogP contribution in [-0.4, -0.2) is 21.6 Å². The Bertz CT molecular complexity index is 1110. The number of anilines is 1. The summed E-state index contributed by atoms with van der Waals surface area (Å²) in [5.74, 6) is 0.729. The van der Waals surface area contributed by atoms with Crippen LogP contribution >= 0.6 is 23.1 Å². The lowest BCUT2D eigenvalue weighted by Gasteiger charge is -2.18. The minimum absolute atomic E-state index is 0.0290. The Morgan fingerprint density at radius 3 is 2.83 bits per heavy atom. The van der Waals surface area contributed by atoms with Crippen molar-refractivity contribution in [3.63, 3.8) is 0 Å². The summed E-state index contributed by atoms with van der Waals surface area (Å²) in [6.45, 7) is 4.05. The molecule has 4 rings (SSSR count). The molecular formula is C21H20F3N3OS2. The average molecular weight is 452 g/mol. The minimum Gasteiger partial charge on any atom is -0.325 e. The standard InChI is InChI=1S/C21H20F3N3OS2/c1-11-7-8-13-16(9-11)30-20-18(13)19(25-12(2)26-20)29-10-17(28)27-15-6-4-3-5-14(15)21(22,23)24/h3-6,11H,7-10H2,1-2H3,(H,27,28). The van der Waals surface area contributed by atoms with Crippen molar-refractivity contribution in [1.29, 1.82) is 0 Å². The summed E-state index contributed by atoms with van der Waals surface area (Å²) < 4.78 is 39.4. The van der Waals surface area contributed by atoms with Crippen LogP contribution in [0.25, 0.3) is 10.2 Å².